The molecule has 168 valence electrons. The number of halogens is 1. The summed E-state index contributed by atoms with van der Waals surface area (Å²) < 4.78 is 23.5. The summed E-state index contributed by atoms with van der Waals surface area (Å²) in [4.78, 5) is 15.0. The molecule has 8 heteroatoms. The predicted molar refractivity (Wildman–Crippen MR) is 124 cm³/mol. The van der Waals surface area contributed by atoms with Crippen LogP contribution >= 0.6 is 12.4 Å². The molecule has 0 amide bonds. The molecule has 1 aromatic heterocycles. The van der Waals surface area contributed by atoms with E-state index in [-0.39, 0.29) is 12.4 Å². The van der Waals surface area contributed by atoms with Gasteiger partial charge in [-0.1, -0.05) is 12.1 Å². The van der Waals surface area contributed by atoms with E-state index in [0.717, 1.165) is 34.3 Å². The first-order valence-electron chi connectivity index (χ1n) is 9.60. The van der Waals surface area contributed by atoms with E-state index in [0.29, 0.717) is 23.7 Å². The zero-order valence-electron chi connectivity index (χ0n) is 18.7. The smallest absolute Gasteiger partial charge is 0.355 e. The van der Waals surface area contributed by atoms with Crippen LogP contribution < -0.4 is 14.2 Å². The van der Waals surface area contributed by atoms with Crippen molar-refractivity contribution in [3.8, 4) is 28.4 Å². The molecule has 3 rings (SSSR count). The number of carbonyl (C=O) groups excluding carboxylic acids is 1. The van der Waals surface area contributed by atoms with Crippen LogP contribution in [0.2, 0.25) is 0 Å². The van der Waals surface area contributed by atoms with Crippen LogP contribution in [-0.4, -0.2) is 64.5 Å². The van der Waals surface area contributed by atoms with E-state index >= 15 is 0 Å². The molecular formula is C23H29ClN2O5. The first-order valence-corrected chi connectivity index (χ1v) is 9.60. The van der Waals surface area contributed by atoms with E-state index in [9.17, 15) is 4.79 Å². The van der Waals surface area contributed by atoms with Gasteiger partial charge >= 0.3 is 5.97 Å². The summed E-state index contributed by atoms with van der Waals surface area (Å²) in [6, 6.07) is 11.4. The van der Waals surface area contributed by atoms with E-state index in [2.05, 4.69) is 4.90 Å². The Hall–Kier alpha value is -2.90. The van der Waals surface area contributed by atoms with Crippen LogP contribution in [0.15, 0.2) is 36.4 Å². The highest BCUT2D eigenvalue weighted by Gasteiger charge is 2.26. The van der Waals surface area contributed by atoms with Crippen LogP contribution in [0.3, 0.4) is 0 Å². The fourth-order valence-electron chi connectivity index (χ4n) is 3.57. The monoisotopic (exact) mass is 448 g/mol. The second-order valence-electron chi connectivity index (χ2n) is 7.12. The summed E-state index contributed by atoms with van der Waals surface area (Å²) in [7, 11) is 10.2. The van der Waals surface area contributed by atoms with Gasteiger partial charge in [0, 0.05) is 30.1 Å². The van der Waals surface area contributed by atoms with Gasteiger partial charge in [0.05, 0.1) is 34.0 Å². The number of benzene rings is 2. The van der Waals surface area contributed by atoms with E-state index in [1.807, 2.05) is 55.1 Å². The van der Waals surface area contributed by atoms with Crippen molar-refractivity contribution in [2.24, 2.45) is 0 Å². The molecule has 0 aliphatic heterocycles. The molecule has 0 bridgehead atoms. The number of rotatable bonds is 8. The molecule has 0 unspecified atom stereocenters. The third kappa shape index (κ3) is 4.73. The van der Waals surface area contributed by atoms with Crippen LogP contribution in [0.4, 0.5) is 0 Å². The van der Waals surface area contributed by atoms with Gasteiger partial charge in [-0.3, -0.25) is 0 Å². The number of fused-ring (bicyclic) bond motifs is 1. The number of nitrogens with zero attached hydrogens (tertiary/aromatic N) is 2. The Morgan fingerprint density at radius 2 is 1.55 bits per heavy atom. The Balaban J connectivity index is 0.00000341. The Kier molecular flexibility index (Phi) is 8.19. The number of ether oxygens (including phenoxy) is 4. The van der Waals surface area contributed by atoms with Crippen molar-refractivity contribution in [2.45, 2.75) is 6.54 Å². The third-order valence-electron chi connectivity index (χ3n) is 5.10. The molecule has 2 aromatic carbocycles. The third-order valence-corrected chi connectivity index (χ3v) is 5.10. The number of aromatic nitrogens is 1. The quantitative estimate of drug-likeness (QED) is 0.483. The normalized spacial score (nSPS) is 10.7. The average Bonchev–Trinajstić information content (AvgIpc) is 3.09. The number of hydrogen-bond donors (Lipinski definition) is 0. The summed E-state index contributed by atoms with van der Waals surface area (Å²) in [6.07, 6.45) is 0. The Morgan fingerprint density at radius 3 is 2.06 bits per heavy atom. The Bertz CT molecular complexity index is 1040. The number of carbonyl (C=O) groups is 1. The largest absolute Gasteiger partial charge is 0.497 e. The van der Waals surface area contributed by atoms with Crippen molar-refractivity contribution in [1.82, 2.24) is 9.47 Å². The fourth-order valence-corrected chi connectivity index (χ4v) is 3.57. The highest BCUT2D eigenvalue weighted by atomic mass is 35.5. The highest BCUT2D eigenvalue weighted by Crippen LogP contribution is 2.41. The van der Waals surface area contributed by atoms with Crippen molar-refractivity contribution in [3.05, 3.63) is 42.1 Å². The topological polar surface area (TPSA) is 62.2 Å². The van der Waals surface area contributed by atoms with E-state index < -0.39 is 5.97 Å². The van der Waals surface area contributed by atoms with Gasteiger partial charge in [0.15, 0.2) is 11.5 Å². The lowest BCUT2D eigenvalue weighted by Gasteiger charge is -2.15. The maximum absolute atomic E-state index is 12.9. The van der Waals surface area contributed by atoms with Crippen molar-refractivity contribution in [3.63, 3.8) is 0 Å². The Morgan fingerprint density at radius 1 is 0.935 bits per heavy atom. The van der Waals surface area contributed by atoms with E-state index in [1.54, 1.807) is 21.3 Å². The van der Waals surface area contributed by atoms with Gasteiger partial charge < -0.3 is 28.4 Å². The first kappa shape index (κ1) is 24.4. The van der Waals surface area contributed by atoms with Crippen molar-refractivity contribution >= 4 is 29.3 Å². The maximum Gasteiger partial charge on any atom is 0.355 e. The van der Waals surface area contributed by atoms with Gasteiger partial charge in [-0.25, -0.2) is 4.79 Å². The standard InChI is InChI=1S/C23H28N2O5.ClH/c1-24(2)11-12-25-18-14-20(29-5)19(28-4)13-17(18)21(22(25)23(26)30-6)15-7-9-16(27-3)10-8-15;/h7-10,13-14H,11-12H2,1-6H3;1H. The van der Waals surface area contributed by atoms with Gasteiger partial charge in [0.2, 0.25) is 0 Å². The summed E-state index contributed by atoms with van der Waals surface area (Å²) in [6.45, 7) is 1.36. The molecule has 0 aliphatic carbocycles. The average molecular weight is 449 g/mol. The van der Waals surface area contributed by atoms with Crippen LogP contribution in [0.25, 0.3) is 22.0 Å². The van der Waals surface area contributed by atoms with Gasteiger partial charge in [-0.05, 0) is 37.9 Å². The molecule has 0 N–H and O–H groups in total. The molecule has 0 atom stereocenters. The summed E-state index contributed by atoms with van der Waals surface area (Å²) in [5.41, 5.74) is 3.05. The molecule has 31 heavy (non-hydrogen) atoms. The zero-order valence-corrected chi connectivity index (χ0v) is 19.5. The minimum atomic E-state index is -0.395. The molecular weight excluding hydrogens is 420 g/mol. The Labute approximate surface area is 188 Å². The van der Waals surface area contributed by atoms with Gasteiger partial charge in [-0.15, -0.1) is 12.4 Å². The van der Waals surface area contributed by atoms with Gasteiger partial charge in [-0.2, -0.15) is 0 Å². The van der Waals surface area contributed by atoms with Crippen LogP contribution in [-0.2, 0) is 11.3 Å². The first-order chi connectivity index (χ1) is 14.4. The van der Waals surface area contributed by atoms with Crippen molar-refractivity contribution in [1.29, 1.82) is 0 Å². The molecule has 7 nitrogen and oxygen atoms in total. The molecule has 0 saturated carbocycles. The number of methoxy groups -OCH3 is 4. The lowest BCUT2D eigenvalue weighted by molar-refractivity contribution is 0.0589. The minimum absolute atomic E-state index is 0. The van der Waals surface area contributed by atoms with E-state index in [1.165, 1.54) is 7.11 Å². The SMILES string of the molecule is COC(=O)c1c(-c2ccc(OC)cc2)c2cc(OC)c(OC)cc2n1CCN(C)C.Cl. The summed E-state index contributed by atoms with van der Waals surface area (Å²) in [5, 5.41) is 0.886. The fraction of sp³-hybridized carbons (Fsp3) is 0.348. The van der Waals surface area contributed by atoms with Crippen LogP contribution in [0.5, 0.6) is 17.2 Å². The predicted octanol–water partition coefficient (Wildman–Crippen LogP) is 4.10. The van der Waals surface area contributed by atoms with Gasteiger partial charge in [0.25, 0.3) is 0 Å². The second-order valence-corrected chi connectivity index (χ2v) is 7.12. The second kappa shape index (κ2) is 10.4. The lowest BCUT2D eigenvalue weighted by Crippen LogP contribution is -2.21. The molecule has 1 heterocycles. The van der Waals surface area contributed by atoms with Crippen LogP contribution in [0, 0.1) is 0 Å². The van der Waals surface area contributed by atoms with Crippen molar-refractivity contribution < 1.29 is 23.7 Å². The van der Waals surface area contributed by atoms with Gasteiger partial charge in [0.1, 0.15) is 11.4 Å². The number of esters is 1. The molecule has 0 aliphatic rings. The maximum atomic E-state index is 12.9. The van der Waals surface area contributed by atoms with Crippen LogP contribution in [0.1, 0.15) is 10.5 Å². The minimum Gasteiger partial charge on any atom is -0.497 e. The molecule has 3 aromatic rings. The number of likely N-dealkylation sites (N-methyl/N-ethyl adjacent to an activating group) is 1. The molecule has 0 fully saturated rings. The number of hydrogen-bond acceptors (Lipinski definition) is 6. The summed E-state index contributed by atoms with van der Waals surface area (Å²) >= 11 is 0. The highest BCUT2D eigenvalue weighted by molar-refractivity contribution is 6.09. The summed E-state index contributed by atoms with van der Waals surface area (Å²) in [5.74, 6) is 1.55. The zero-order chi connectivity index (χ0) is 21.8. The lowest BCUT2D eigenvalue weighted by atomic mass is 10.0. The molecule has 0 saturated heterocycles. The van der Waals surface area contributed by atoms with Crippen molar-refractivity contribution in [2.75, 3.05) is 49.1 Å². The molecule has 0 spiro atoms. The van der Waals surface area contributed by atoms with E-state index in [4.69, 9.17) is 18.9 Å². The molecule has 0 radical (unpaired) electrons.